The maximum Gasteiger partial charge on any atom is 0.249 e. The van der Waals surface area contributed by atoms with E-state index in [2.05, 4.69) is 10.6 Å². The molecule has 6 nitrogen and oxygen atoms in total. The summed E-state index contributed by atoms with van der Waals surface area (Å²) in [7, 11) is 1.59. The summed E-state index contributed by atoms with van der Waals surface area (Å²) in [6, 6.07) is 7.20. The SMILES string of the molecule is COc1ccccc1N1CCC(NC(=O)CC2CSCCN2)C1=O. The van der Waals surface area contributed by atoms with E-state index in [1.54, 1.807) is 12.0 Å². The zero-order valence-electron chi connectivity index (χ0n) is 13.8. The quantitative estimate of drug-likeness (QED) is 0.830. The molecule has 0 spiro atoms. The molecule has 3 rings (SSSR count). The van der Waals surface area contributed by atoms with Gasteiger partial charge in [-0.2, -0.15) is 11.8 Å². The number of nitrogens with one attached hydrogen (secondary N) is 2. The van der Waals surface area contributed by atoms with Gasteiger partial charge >= 0.3 is 0 Å². The Morgan fingerprint density at radius 2 is 2.29 bits per heavy atom. The van der Waals surface area contributed by atoms with Gasteiger partial charge in [0.15, 0.2) is 0 Å². The number of nitrogens with zero attached hydrogens (tertiary/aromatic N) is 1. The molecule has 2 amide bonds. The lowest BCUT2D eigenvalue weighted by atomic mass is 10.2. The maximum atomic E-state index is 12.6. The summed E-state index contributed by atoms with van der Waals surface area (Å²) < 4.78 is 5.33. The van der Waals surface area contributed by atoms with Gasteiger partial charge in [-0.25, -0.2) is 0 Å². The second kappa shape index (κ2) is 7.90. The van der Waals surface area contributed by atoms with Gasteiger partial charge < -0.3 is 20.3 Å². The number of ether oxygens (including phenoxy) is 1. The molecule has 0 aliphatic carbocycles. The number of thioether (sulfide) groups is 1. The van der Waals surface area contributed by atoms with Crippen molar-refractivity contribution >= 4 is 29.3 Å². The van der Waals surface area contributed by atoms with E-state index < -0.39 is 6.04 Å². The Labute approximate surface area is 146 Å². The summed E-state index contributed by atoms with van der Waals surface area (Å²) in [5.41, 5.74) is 0.757. The lowest BCUT2D eigenvalue weighted by molar-refractivity contribution is -0.126. The molecule has 2 aliphatic rings. The Kier molecular flexibility index (Phi) is 5.63. The third-order valence-corrected chi connectivity index (χ3v) is 5.48. The van der Waals surface area contributed by atoms with Gasteiger partial charge in [0.25, 0.3) is 0 Å². The van der Waals surface area contributed by atoms with Crippen LogP contribution in [-0.4, -0.2) is 55.6 Å². The Morgan fingerprint density at radius 3 is 3.04 bits per heavy atom. The van der Waals surface area contributed by atoms with Crippen LogP contribution in [0, 0.1) is 0 Å². The standard InChI is InChI=1S/C17H23N3O3S/c1-23-15-5-3-2-4-14(15)20-8-6-13(17(20)22)19-16(21)10-12-11-24-9-7-18-12/h2-5,12-13,18H,6-11H2,1H3,(H,19,21). The van der Waals surface area contributed by atoms with Crippen molar-refractivity contribution in [2.45, 2.75) is 24.9 Å². The predicted octanol–water partition coefficient (Wildman–Crippen LogP) is 1.01. The number of amides is 2. The molecule has 2 saturated heterocycles. The fourth-order valence-electron chi connectivity index (χ4n) is 3.13. The number of carbonyl (C=O) groups excluding carboxylic acids is 2. The highest BCUT2D eigenvalue weighted by atomic mass is 32.2. The molecule has 2 unspecified atom stereocenters. The number of carbonyl (C=O) groups is 2. The molecule has 2 atom stereocenters. The first-order chi connectivity index (χ1) is 11.7. The van der Waals surface area contributed by atoms with Crippen LogP contribution in [0.1, 0.15) is 12.8 Å². The number of rotatable bonds is 5. The topological polar surface area (TPSA) is 70.7 Å². The van der Waals surface area contributed by atoms with Gasteiger partial charge in [0, 0.05) is 37.1 Å². The van der Waals surface area contributed by atoms with Crippen molar-refractivity contribution in [2.75, 3.05) is 36.6 Å². The number of benzene rings is 1. The highest BCUT2D eigenvalue weighted by molar-refractivity contribution is 7.99. The zero-order valence-corrected chi connectivity index (χ0v) is 14.6. The van der Waals surface area contributed by atoms with Gasteiger partial charge in [-0.3, -0.25) is 9.59 Å². The van der Waals surface area contributed by atoms with E-state index in [0.717, 1.165) is 23.7 Å². The fourth-order valence-corrected chi connectivity index (χ4v) is 4.08. The molecule has 7 heteroatoms. The highest BCUT2D eigenvalue weighted by Crippen LogP contribution is 2.31. The van der Waals surface area contributed by atoms with Gasteiger partial charge in [-0.1, -0.05) is 12.1 Å². The Bertz CT molecular complexity index is 604. The van der Waals surface area contributed by atoms with Crippen molar-refractivity contribution in [3.05, 3.63) is 24.3 Å². The van der Waals surface area contributed by atoms with E-state index in [-0.39, 0.29) is 17.9 Å². The normalized spacial score (nSPS) is 24.0. The predicted molar refractivity (Wildman–Crippen MR) is 95.6 cm³/mol. The molecule has 2 N–H and O–H groups in total. The molecule has 0 saturated carbocycles. The number of hydrogen-bond donors (Lipinski definition) is 2. The number of hydrogen-bond acceptors (Lipinski definition) is 5. The van der Waals surface area contributed by atoms with Gasteiger partial charge in [-0.05, 0) is 18.6 Å². The van der Waals surface area contributed by atoms with Crippen LogP contribution >= 0.6 is 11.8 Å². The van der Waals surface area contributed by atoms with Crippen LogP contribution in [0.5, 0.6) is 5.75 Å². The third-order valence-electron chi connectivity index (χ3n) is 4.35. The molecule has 1 aromatic carbocycles. The first-order valence-corrected chi connectivity index (χ1v) is 9.39. The molecular formula is C17H23N3O3S. The van der Waals surface area contributed by atoms with Crippen LogP contribution in [0.4, 0.5) is 5.69 Å². The second-order valence-electron chi connectivity index (χ2n) is 6.00. The molecule has 2 heterocycles. The number of para-hydroxylation sites is 2. The molecular weight excluding hydrogens is 326 g/mol. The summed E-state index contributed by atoms with van der Waals surface area (Å²) in [6.07, 6.45) is 1.04. The van der Waals surface area contributed by atoms with E-state index in [1.807, 2.05) is 36.0 Å². The minimum absolute atomic E-state index is 0.0600. The molecule has 24 heavy (non-hydrogen) atoms. The summed E-state index contributed by atoms with van der Waals surface area (Å²) in [5.74, 6) is 2.57. The summed E-state index contributed by atoms with van der Waals surface area (Å²) in [4.78, 5) is 26.6. The molecule has 0 radical (unpaired) electrons. The van der Waals surface area contributed by atoms with Crippen LogP contribution < -0.4 is 20.3 Å². The molecule has 1 aromatic rings. The van der Waals surface area contributed by atoms with Crippen LogP contribution in [0.15, 0.2) is 24.3 Å². The van der Waals surface area contributed by atoms with E-state index in [0.29, 0.717) is 25.1 Å². The Morgan fingerprint density at radius 1 is 1.46 bits per heavy atom. The maximum absolute atomic E-state index is 12.6. The minimum Gasteiger partial charge on any atom is -0.495 e. The Balaban J connectivity index is 1.58. The molecule has 2 aliphatic heterocycles. The lowest BCUT2D eigenvalue weighted by Gasteiger charge is -2.23. The van der Waals surface area contributed by atoms with Gasteiger partial charge in [0.05, 0.1) is 12.8 Å². The zero-order chi connectivity index (χ0) is 16.9. The smallest absolute Gasteiger partial charge is 0.249 e. The van der Waals surface area contributed by atoms with Crippen LogP contribution in [-0.2, 0) is 9.59 Å². The molecule has 0 aromatic heterocycles. The molecule has 0 bridgehead atoms. The fraction of sp³-hybridized carbons (Fsp3) is 0.529. The third kappa shape index (κ3) is 3.84. The number of anilines is 1. The van der Waals surface area contributed by atoms with Crippen molar-refractivity contribution in [3.8, 4) is 5.75 Å². The average molecular weight is 349 g/mol. The van der Waals surface area contributed by atoms with Crippen molar-refractivity contribution in [2.24, 2.45) is 0 Å². The van der Waals surface area contributed by atoms with Gasteiger partial charge in [0.1, 0.15) is 11.8 Å². The highest BCUT2D eigenvalue weighted by Gasteiger charge is 2.35. The van der Waals surface area contributed by atoms with E-state index in [4.69, 9.17) is 4.74 Å². The second-order valence-corrected chi connectivity index (χ2v) is 7.15. The largest absolute Gasteiger partial charge is 0.495 e. The summed E-state index contributed by atoms with van der Waals surface area (Å²) >= 11 is 1.86. The first-order valence-electron chi connectivity index (χ1n) is 8.24. The van der Waals surface area contributed by atoms with E-state index >= 15 is 0 Å². The van der Waals surface area contributed by atoms with Crippen molar-refractivity contribution in [3.63, 3.8) is 0 Å². The number of methoxy groups -OCH3 is 1. The minimum atomic E-state index is -0.446. The first kappa shape index (κ1) is 17.1. The van der Waals surface area contributed by atoms with Gasteiger partial charge in [-0.15, -0.1) is 0 Å². The van der Waals surface area contributed by atoms with Gasteiger partial charge in [0.2, 0.25) is 11.8 Å². The van der Waals surface area contributed by atoms with Crippen molar-refractivity contribution in [1.29, 1.82) is 0 Å². The van der Waals surface area contributed by atoms with Crippen molar-refractivity contribution in [1.82, 2.24) is 10.6 Å². The summed E-state index contributed by atoms with van der Waals surface area (Å²) in [6.45, 7) is 1.52. The monoisotopic (exact) mass is 349 g/mol. The lowest BCUT2D eigenvalue weighted by Crippen LogP contribution is -2.46. The van der Waals surface area contributed by atoms with E-state index in [1.165, 1.54) is 0 Å². The average Bonchev–Trinajstić information content (AvgIpc) is 2.96. The van der Waals surface area contributed by atoms with Crippen LogP contribution in [0.2, 0.25) is 0 Å². The Hall–Kier alpha value is -1.73. The van der Waals surface area contributed by atoms with Crippen LogP contribution in [0.25, 0.3) is 0 Å². The van der Waals surface area contributed by atoms with Crippen molar-refractivity contribution < 1.29 is 14.3 Å². The summed E-state index contributed by atoms with van der Waals surface area (Å²) in [5, 5.41) is 6.24. The molecule has 2 fully saturated rings. The van der Waals surface area contributed by atoms with E-state index in [9.17, 15) is 9.59 Å². The molecule has 130 valence electrons. The van der Waals surface area contributed by atoms with Crippen LogP contribution in [0.3, 0.4) is 0 Å².